The molecule has 0 amide bonds. The van der Waals surface area contributed by atoms with Crippen molar-refractivity contribution in [2.75, 3.05) is 14.2 Å². The second kappa shape index (κ2) is 6.90. The predicted octanol–water partition coefficient (Wildman–Crippen LogP) is 3.05. The Balaban J connectivity index is 2.15. The molecule has 0 spiro atoms. The lowest BCUT2D eigenvalue weighted by atomic mass is 9.76. The van der Waals surface area contributed by atoms with Crippen LogP contribution in [0.4, 0.5) is 0 Å². The van der Waals surface area contributed by atoms with Gasteiger partial charge < -0.3 is 9.84 Å². The van der Waals surface area contributed by atoms with E-state index in [4.69, 9.17) is 4.74 Å². The summed E-state index contributed by atoms with van der Waals surface area (Å²) in [6.45, 7) is 0. The van der Waals surface area contributed by atoms with Gasteiger partial charge in [-0.05, 0) is 32.7 Å². The van der Waals surface area contributed by atoms with Crippen LogP contribution in [0.25, 0.3) is 0 Å². The molecule has 2 fully saturated rings. The van der Waals surface area contributed by atoms with E-state index in [9.17, 15) is 9.90 Å². The first-order valence-electron chi connectivity index (χ1n) is 8.06. The monoisotopic (exact) mass is 283 g/mol. The predicted molar refractivity (Wildman–Crippen MR) is 78.9 cm³/mol. The van der Waals surface area contributed by atoms with Gasteiger partial charge in [0.25, 0.3) is 0 Å². The van der Waals surface area contributed by atoms with E-state index >= 15 is 0 Å². The van der Waals surface area contributed by atoms with Gasteiger partial charge in [-0.3, -0.25) is 9.69 Å². The van der Waals surface area contributed by atoms with Crippen LogP contribution in [0.15, 0.2) is 0 Å². The number of aliphatic carboxylic acids is 1. The summed E-state index contributed by atoms with van der Waals surface area (Å²) >= 11 is 0. The number of hydrogen-bond acceptors (Lipinski definition) is 3. The zero-order valence-corrected chi connectivity index (χ0v) is 12.9. The van der Waals surface area contributed by atoms with Crippen LogP contribution in [0.2, 0.25) is 0 Å². The summed E-state index contributed by atoms with van der Waals surface area (Å²) in [6.07, 6.45) is 10.8. The van der Waals surface area contributed by atoms with Gasteiger partial charge in [0.2, 0.25) is 0 Å². The molecule has 0 bridgehead atoms. The number of carboxylic acid groups (broad SMARTS) is 1. The zero-order chi connectivity index (χ0) is 14.6. The third kappa shape index (κ3) is 3.34. The third-order valence-corrected chi connectivity index (χ3v) is 5.48. The maximum Gasteiger partial charge on any atom is 0.305 e. The summed E-state index contributed by atoms with van der Waals surface area (Å²) < 4.78 is 5.68. The van der Waals surface area contributed by atoms with Crippen molar-refractivity contribution >= 4 is 5.97 Å². The van der Waals surface area contributed by atoms with E-state index in [-0.39, 0.29) is 18.1 Å². The number of ether oxygens (including phenoxy) is 1. The number of likely N-dealkylation sites (N-methyl/N-ethyl adjacent to an activating group) is 1. The van der Waals surface area contributed by atoms with E-state index in [1.165, 1.54) is 19.3 Å². The smallest absolute Gasteiger partial charge is 0.305 e. The summed E-state index contributed by atoms with van der Waals surface area (Å²) in [5.74, 6) is -0.663. The Morgan fingerprint density at radius 1 is 1.20 bits per heavy atom. The van der Waals surface area contributed by atoms with Gasteiger partial charge in [-0.2, -0.15) is 0 Å². The molecule has 0 aromatic carbocycles. The van der Waals surface area contributed by atoms with Gasteiger partial charge in [0, 0.05) is 18.7 Å². The van der Waals surface area contributed by atoms with Gasteiger partial charge in [-0.25, -0.2) is 0 Å². The number of carbonyl (C=O) groups is 1. The molecule has 2 atom stereocenters. The second-order valence-electron chi connectivity index (χ2n) is 6.59. The van der Waals surface area contributed by atoms with Crippen molar-refractivity contribution in [1.29, 1.82) is 0 Å². The normalized spacial score (nSPS) is 30.4. The van der Waals surface area contributed by atoms with Gasteiger partial charge in [-0.1, -0.05) is 32.1 Å². The van der Waals surface area contributed by atoms with E-state index in [2.05, 4.69) is 11.9 Å². The van der Waals surface area contributed by atoms with Crippen molar-refractivity contribution in [1.82, 2.24) is 4.90 Å². The highest BCUT2D eigenvalue weighted by Gasteiger charge is 2.43. The molecule has 2 unspecified atom stereocenters. The minimum atomic E-state index is -0.663. The van der Waals surface area contributed by atoms with Crippen molar-refractivity contribution in [3.8, 4) is 0 Å². The molecule has 0 radical (unpaired) electrons. The minimum absolute atomic E-state index is 0.150. The van der Waals surface area contributed by atoms with Crippen molar-refractivity contribution in [3.05, 3.63) is 0 Å². The van der Waals surface area contributed by atoms with Crippen LogP contribution in [0, 0.1) is 0 Å². The highest BCUT2D eigenvalue weighted by Crippen LogP contribution is 2.39. The van der Waals surface area contributed by atoms with Gasteiger partial charge in [-0.15, -0.1) is 0 Å². The fourth-order valence-corrected chi connectivity index (χ4v) is 4.29. The number of carboxylic acids is 1. The van der Waals surface area contributed by atoms with Crippen LogP contribution < -0.4 is 0 Å². The van der Waals surface area contributed by atoms with Gasteiger partial charge in [0.1, 0.15) is 0 Å². The first kappa shape index (κ1) is 15.8. The standard InChI is InChI=1S/C16H29NO3/c1-17(13-8-4-5-9-14(13)20-2)16(12-15(18)19)10-6-3-7-11-16/h13-14H,3-12H2,1-2H3,(H,18,19). The van der Waals surface area contributed by atoms with Crippen molar-refractivity contribution in [2.45, 2.75) is 81.9 Å². The Hall–Kier alpha value is -0.610. The van der Waals surface area contributed by atoms with E-state index in [0.29, 0.717) is 6.04 Å². The Morgan fingerprint density at radius 2 is 1.85 bits per heavy atom. The number of rotatable bonds is 5. The molecular weight excluding hydrogens is 254 g/mol. The summed E-state index contributed by atoms with van der Waals surface area (Å²) in [6, 6.07) is 0.381. The molecule has 4 heteroatoms. The minimum Gasteiger partial charge on any atom is -0.481 e. The SMILES string of the molecule is COC1CCCCC1N(C)C1(CC(=O)O)CCCCC1. The fraction of sp³-hybridized carbons (Fsp3) is 0.938. The molecule has 116 valence electrons. The van der Waals surface area contributed by atoms with Crippen molar-refractivity contribution < 1.29 is 14.6 Å². The molecule has 0 saturated heterocycles. The average Bonchev–Trinajstić information content (AvgIpc) is 2.46. The Morgan fingerprint density at radius 3 is 2.45 bits per heavy atom. The molecule has 0 aliphatic heterocycles. The summed E-state index contributed by atoms with van der Waals surface area (Å²) in [7, 11) is 3.93. The maximum atomic E-state index is 11.4. The average molecular weight is 283 g/mol. The molecule has 2 rings (SSSR count). The van der Waals surface area contributed by atoms with Crippen LogP contribution in [0.1, 0.15) is 64.2 Å². The van der Waals surface area contributed by atoms with Gasteiger partial charge >= 0.3 is 5.97 Å². The summed E-state index contributed by atoms with van der Waals surface area (Å²) in [4.78, 5) is 13.7. The van der Waals surface area contributed by atoms with Crippen LogP contribution in [-0.2, 0) is 9.53 Å². The first-order chi connectivity index (χ1) is 9.59. The summed E-state index contributed by atoms with van der Waals surface area (Å²) in [5.41, 5.74) is -0.150. The molecule has 2 saturated carbocycles. The Labute approximate surface area is 122 Å². The lowest BCUT2D eigenvalue weighted by Crippen LogP contribution is -2.57. The van der Waals surface area contributed by atoms with Crippen LogP contribution in [0.5, 0.6) is 0 Å². The van der Waals surface area contributed by atoms with Crippen molar-refractivity contribution in [2.24, 2.45) is 0 Å². The van der Waals surface area contributed by atoms with Crippen LogP contribution >= 0.6 is 0 Å². The molecule has 0 aromatic rings. The van der Waals surface area contributed by atoms with Crippen LogP contribution in [-0.4, -0.2) is 47.8 Å². The van der Waals surface area contributed by atoms with Crippen molar-refractivity contribution in [3.63, 3.8) is 0 Å². The second-order valence-corrected chi connectivity index (χ2v) is 6.59. The van der Waals surface area contributed by atoms with E-state index in [0.717, 1.165) is 38.5 Å². The number of methoxy groups -OCH3 is 1. The van der Waals surface area contributed by atoms with Crippen LogP contribution in [0.3, 0.4) is 0 Å². The molecule has 4 nitrogen and oxygen atoms in total. The molecule has 1 N–H and O–H groups in total. The molecule has 2 aliphatic rings. The number of nitrogens with zero attached hydrogens (tertiary/aromatic N) is 1. The maximum absolute atomic E-state index is 11.4. The zero-order valence-electron chi connectivity index (χ0n) is 12.9. The molecule has 0 aromatic heterocycles. The van der Waals surface area contributed by atoms with Gasteiger partial charge in [0.15, 0.2) is 0 Å². The van der Waals surface area contributed by atoms with E-state index in [1.54, 1.807) is 7.11 Å². The number of hydrogen-bond donors (Lipinski definition) is 1. The highest BCUT2D eigenvalue weighted by molar-refractivity contribution is 5.68. The molecular formula is C16H29NO3. The fourth-order valence-electron chi connectivity index (χ4n) is 4.29. The third-order valence-electron chi connectivity index (χ3n) is 5.48. The van der Waals surface area contributed by atoms with Gasteiger partial charge in [0.05, 0.1) is 12.5 Å². The Bertz CT molecular complexity index is 326. The first-order valence-corrected chi connectivity index (χ1v) is 8.06. The summed E-state index contributed by atoms with van der Waals surface area (Å²) in [5, 5.41) is 9.34. The molecule has 20 heavy (non-hydrogen) atoms. The van der Waals surface area contributed by atoms with E-state index in [1.807, 2.05) is 0 Å². The Kier molecular flexibility index (Phi) is 5.44. The topological polar surface area (TPSA) is 49.8 Å². The molecule has 0 heterocycles. The lowest BCUT2D eigenvalue weighted by molar-refractivity contribution is -0.143. The quantitative estimate of drug-likeness (QED) is 0.842. The largest absolute Gasteiger partial charge is 0.481 e. The van der Waals surface area contributed by atoms with E-state index < -0.39 is 5.97 Å². The molecule has 2 aliphatic carbocycles. The lowest BCUT2D eigenvalue weighted by Gasteiger charge is -2.50. The highest BCUT2D eigenvalue weighted by atomic mass is 16.5.